The molecule has 4 nitrogen and oxygen atoms in total. The minimum Gasteiger partial charge on any atom is -0.506 e. The predicted octanol–water partition coefficient (Wildman–Crippen LogP) is 4.92. The Hall–Kier alpha value is -1.01. The smallest absolute Gasteiger partial charge is 0.143 e. The van der Waals surface area contributed by atoms with Crippen molar-refractivity contribution in [1.82, 2.24) is 9.78 Å². The van der Waals surface area contributed by atoms with E-state index in [9.17, 15) is 5.11 Å². The normalized spacial score (nSPS) is 11.2. The molecule has 0 spiro atoms. The summed E-state index contributed by atoms with van der Waals surface area (Å²) in [4.78, 5) is 0. The lowest BCUT2D eigenvalue weighted by molar-refractivity contribution is 0.468. The zero-order chi connectivity index (χ0) is 15.7. The Morgan fingerprint density at radius 2 is 1.81 bits per heavy atom. The highest BCUT2D eigenvalue weighted by molar-refractivity contribution is 9.11. The van der Waals surface area contributed by atoms with Gasteiger partial charge in [-0.3, -0.25) is 4.68 Å². The zero-order valence-electron chi connectivity index (χ0n) is 12.5. The Balaban J connectivity index is 2.21. The predicted molar refractivity (Wildman–Crippen MR) is 92.9 cm³/mol. The largest absolute Gasteiger partial charge is 0.506 e. The molecule has 0 saturated heterocycles. The summed E-state index contributed by atoms with van der Waals surface area (Å²) >= 11 is 6.70. The van der Waals surface area contributed by atoms with Gasteiger partial charge in [-0.25, -0.2) is 0 Å². The van der Waals surface area contributed by atoms with Crippen LogP contribution in [0.2, 0.25) is 0 Å². The van der Waals surface area contributed by atoms with E-state index < -0.39 is 0 Å². The van der Waals surface area contributed by atoms with Gasteiger partial charge in [0.25, 0.3) is 0 Å². The van der Waals surface area contributed by atoms with Crippen molar-refractivity contribution in [1.29, 1.82) is 0 Å². The van der Waals surface area contributed by atoms with Crippen molar-refractivity contribution in [3.05, 3.63) is 38.0 Å². The molecule has 6 heteroatoms. The van der Waals surface area contributed by atoms with Gasteiger partial charge in [0.15, 0.2) is 0 Å². The molecule has 0 saturated carbocycles. The average Bonchev–Trinajstić information content (AvgIpc) is 2.69. The number of aromatic nitrogens is 2. The molecular formula is C15H19Br2N3O. The maximum absolute atomic E-state index is 9.74. The molecule has 0 unspecified atom stereocenters. The zero-order valence-corrected chi connectivity index (χ0v) is 15.7. The summed E-state index contributed by atoms with van der Waals surface area (Å²) in [5.41, 5.74) is 4.28. The number of benzene rings is 1. The molecule has 2 aromatic rings. The summed E-state index contributed by atoms with van der Waals surface area (Å²) in [6.07, 6.45) is 0. The van der Waals surface area contributed by atoms with E-state index in [1.165, 1.54) is 0 Å². The van der Waals surface area contributed by atoms with Crippen molar-refractivity contribution in [3.63, 3.8) is 0 Å². The minimum absolute atomic E-state index is 0.221. The van der Waals surface area contributed by atoms with Crippen LogP contribution in [0.3, 0.4) is 0 Å². The number of rotatable bonds is 4. The summed E-state index contributed by atoms with van der Waals surface area (Å²) < 4.78 is 3.39. The summed E-state index contributed by atoms with van der Waals surface area (Å²) in [6.45, 7) is 9.00. The third-order valence-corrected chi connectivity index (χ3v) is 4.57. The van der Waals surface area contributed by atoms with E-state index in [4.69, 9.17) is 0 Å². The van der Waals surface area contributed by atoms with Crippen LogP contribution < -0.4 is 5.32 Å². The summed E-state index contributed by atoms with van der Waals surface area (Å²) in [7, 11) is 0. The molecule has 0 atom stereocenters. The highest BCUT2D eigenvalue weighted by atomic mass is 79.9. The second-order valence-corrected chi connectivity index (χ2v) is 7.05. The van der Waals surface area contributed by atoms with Crippen molar-refractivity contribution in [2.24, 2.45) is 0 Å². The van der Waals surface area contributed by atoms with Gasteiger partial charge in [0, 0.05) is 12.6 Å². The van der Waals surface area contributed by atoms with Crippen molar-refractivity contribution in [2.75, 3.05) is 5.32 Å². The Kier molecular flexibility index (Phi) is 4.99. The number of aryl methyl sites for hydroxylation is 1. The van der Waals surface area contributed by atoms with Gasteiger partial charge in [0.2, 0.25) is 0 Å². The molecule has 1 aromatic carbocycles. The molecule has 0 aliphatic heterocycles. The molecule has 114 valence electrons. The van der Waals surface area contributed by atoms with Gasteiger partial charge < -0.3 is 10.4 Å². The number of halogens is 2. The first-order chi connectivity index (χ1) is 9.81. The molecule has 21 heavy (non-hydrogen) atoms. The average molecular weight is 417 g/mol. The van der Waals surface area contributed by atoms with E-state index in [1.807, 2.05) is 23.7 Å². The SMILES string of the molecule is Cc1nn(C(C)C)c(C)c1NCc1cc(Br)c(O)c(Br)c1. The molecular weight excluding hydrogens is 398 g/mol. The minimum atomic E-state index is 0.221. The third kappa shape index (κ3) is 3.43. The molecule has 0 bridgehead atoms. The number of phenols is 1. The van der Waals surface area contributed by atoms with E-state index in [1.54, 1.807) is 0 Å². The molecule has 2 N–H and O–H groups in total. The van der Waals surface area contributed by atoms with Crippen LogP contribution >= 0.6 is 31.9 Å². The fraction of sp³-hybridized carbons (Fsp3) is 0.400. The van der Waals surface area contributed by atoms with Crippen LogP contribution in [-0.2, 0) is 6.54 Å². The van der Waals surface area contributed by atoms with E-state index in [0.717, 1.165) is 22.6 Å². The summed E-state index contributed by atoms with van der Waals surface area (Å²) in [5.74, 6) is 0.221. The van der Waals surface area contributed by atoms with Gasteiger partial charge in [-0.15, -0.1) is 0 Å². The first-order valence-corrected chi connectivity index (χ1v) is 8.36. The Labute approximate surface area is 141 Å². The van der Waals surface area contributed by atoms with Crippen LogP contribution in [0.1, 0.15) is 36.8 Å². The number of aromatic hydroxyl groups is 1. The van der Waals surface area contributed by atoms with Gasteiger partial charge in [-0.2, -0.15) is 5.10 Å². The molecule has 0 radical (unpaired) electrons. The molecule has 0 aliphatic carbocycles. The lowest BCUT2D eigenvalue weighted by atomic mass is 10.2. The number of hydrogen-bond acceptors (Lipinski definition) is 3. The first-order valence-electron chi connectivity index (χ1n) is 6.77. The monoisotopic (exact) mass is 415 g/mol. The standard InChI is InChI=1S/C15H19Br2N3O/c1-8(2)20-10(4)14(9(3)19-20)18-7-11-5-12(16)15(21)13(17)6-11/h5-6,8,18,21H,7H2,1-4H3. The Morgan fingerprint density at radius 3 is 2.29 bits per heavy atom. The fourth-order valence-electron chi connectivity index (χ4n) is 2.33. The van der Waals surface area contributed by atoms with Gasteiger partial charge in [0.1, 0.15) is 5.75 Å². The van der Waals surface area contributed by atoms with Crippen molar-refractivity contribution >= 4 is 37.5 Å². The van der Waals surface area contributed by atoms with Crippen LogP contribution in [0.15, 0.2) is 21.1 Å². The van der Waals surface area contributed by atoms with E-state index >= 15 is 0 Å². The Bertz CT molecular complexity index is 642. The van der Waals surface area contributed by atoms with Crippen LogP contribution in [-0.4, -0.2) is 14.9 Å². The molecule has 0 amide bonds. The van der Waals surface area contributed by atoms with Crippen LogP contribution in [0.25, 0.3) is 0 Å². The topological polar surface area (TPSA) is 50.1 Å². The highest BCUT2D eigenvalue weighted by Crippen LogP contribution is 2.33. The molecule has 0 aliphatic rings. The van der Waals surface area contributed by atoms with Gasteiger partial charge in [-0.05, 0) is 77.3 Å². The van der Waals surface area contributed by atoms with Crippen molar-refractivity contribution < 1.29 is 5.11 Å². The quantitative estimate of drug-likeness (QED) is 0.743. The van der Waals surface area contributed by atoms with Crippen molar-refractivity contribution in [2.45, 2.75) is 40.3 Å². The second-order valence-electron chi connectivity index (χ2n) is 5.35. The molecule has 0 fully saturated rings. The number of nitrogens with one attached hydrogen (secondary N) is 1. The highest BCUT2D eigenvalue weighted by Gasteiger charge is 2.13. The number of hydrogen-bond donors (Lipinski definition) is 2. The molecule has 1 aromatic heterocycles. The second kappa shape index (κ2) is 6.40. The number of anilines is 1. The summed E-state index contributed by atoms with van der Waals surface area (Å²) in [5, 5.41) is 17.7. The van der Waals surface area contributed by atoms with Gasteiger partial charge >= 0.3 is 0 Å². The van der Waals surface area contributed by atoms with Gasteiger partial charge in [-0.1, -0.05) is 0 Å². The van der Waals surface area contributed by atoms with E-state index in [2.05, 4.69) is 63.0 Å². The maximum Gasteiger partial charge on any atom is 0.143 e. The lowest BCUT2D eigenvalue weighted by Gasteiger charge is -2.11. The number of nitrogens with zero attached hydrogens (tertiary/aromatic N) is 2. The van der Waals surface area contributed by atoms with E-state index in [0.29, 0.717) is 21.5 Å². The fourth-order valence-corrected chi connectivity index (χ4v) is 3.61. The maximum atomic E-state index is 9.74. The molecule has 2 rings (SSSR count). The summed E-state index contributed by atoms with van der Waals surface area (Å²) in [6, 6.07) is 4.16. The van der Waals surface area contributed by atoms with E-state index in [-0.39, 0.29) is 5.75 Å². The van der Waals surface area contributed by atoms with Gasteiger partial charge in [0.05, 0.1) is 26.0 Å². The van der Waals surface area contributed by atoms with Crippen LogP contribution in [0.4, 0.5) is 5.69 Å². The third-order valence-electron chi connectivity index (χ3n) is 3.36. The number of phenolic OH excluding ortho intramolecular Hbond substituents is 1. The Morgan fingerprint density at radius 1 is 1.24 bits per heavy atom. The van der Waals surface area contributed by atoms with Crippen molar-refractivity contribution in [3.8, 4) is 5.75 Å². The lowest BCUT2D eigenvalue weighted by Crippen LogP contribution is -2.06. The molecule has 1 heterocycles. The van der Waals surface area contributed by atoms with Crippen LogP contribution in [0.5, 0.6) is 5.75 Å². The first kappa shape index (κ1) is 16.4. The van der Waals surface area contributed by atoms with Crippen LogP contribution in [0, 0.1) is 13.8 Å².